The van der Waals surface area contributed by atoms with Gasteiger partial charge < -0.3 is 0 Å². The van der Waals surface area contributed by atoms with Crippen molar-refractivity contribution >= 4 is 0 Å². The fourth-order valence-corrected chi connectivity index (χ4v) is 1.37. The van der Waals surface area contributed by atoms with Crippen molar-refractivity contribution in [1.29, 1.82) is 0 Å². The monoisotopic (exact) mass is 212 g/mol. The van der Waals surface area contributed by atoms with Gasteiger partial charge in [-0.25, -0.2) is 8.78 Å². The van der Waals surface area contributed by atoms with Crippen LogP contribution in [0.2, 0.25) is 0 Å². The number of aromatic nitrogens is 1. The number of hydrogen-bond donors (Lipinski definition) is 0. The minimum absolute atomic E-state index is 0.0676. The summed E-state index contributed by atoms with van der Waals surface area (Å²) >= 11 is 0. The van der Waals surface area contributed by atoms with Crippen molar-refractivity contribution in [1.82, 2.24) is 9.99 Å². The molecule has 0 spiro atoms. The zero-order valence-electron chi connectivity index (χ0n) is 8.14. The SMILES string of the molecule is CN1CC(c2ccc(C(F)F)cn2)N=N1. The van der Waals surface area contributed by atoms with E-state index in [9.17, 15) is 8.78 Å². The molecule has 1 aromatic heterocycles. The molecule has 0 amide bonds. The summed E-state index contributed by atoms with van der Waals surface area (Å²) < 4.78 is 24.5. The van der Waals surface area contributed by atoms with E-state index in [1.165, 1.54) is 12.3 Å². The third kappa shape index (κ3) is 2.08. The molecule has 2 heterocycles. The Bertz CT molecular complexity index is 363. The van der Waals surface area contributed by atoms with Crippen LogP contribution in [-0.4, -0.2) is 23.6 Å². The van der Waals surface area contributed by atoms with Crippen molar-refractivity contribution in [2.24, 2.45) is 10.3 Å². The largest absolute Gasteiger partial charge is 0.279 e. The maximum atomic E-state index is 12.2. The summed E-state index contributed by atoms with van der Waals surface area (Å²) in [5.41, 5.74) is 0.606. The van der Waals surface area contributed by atoms with Gasteiger partial charge >= 0.3 is 0 Å². The summed E-state index contributed by atoms with van der Waals surface area (Å²) in [4.78, 5) is 3.96. The van der Waals surface area contributed by atoms with Crippen LogP contribution in [-0.2, 0) is 0 Å². The number of likely N-dealkylation sites (N-methyl/N-ethyl adjacent to an activating group) is 1. The van der Waals surface area contributed by atoms with Crippen molar-refractivity contribution in [3.05, 3.63) is 29.6 Å². The third-order valence-electron chi connectivity index (χ3n) is 2.18. The maximum Gasteiger partial charge on any atom is 0.265 e. The molecular weight excluding hydrogens is 202 g/mol. The molecule has 15 heavy (non-hydrogen) atoms. The van der Waals surface area contributed by atoms with Gasteiger partial charge in [-0.1, -0.05) is 5.22 Å². The molecule has 0 saturated carbocycles. The normalized spacial score (nSPS) is 20.3. The van der Waals surface area contributed by atoms with Crippen LogP contribution in [0.3, 0.4) is 0 Å². The van der Waals surface area contributed by atoms with E-state index in [0.717, 1.165) is 0 Å². The molecule has 1 aliphatic heterocycles. The Hall–Kier alpha value is -1.59. The number of rotatable bonds is 2. The van der Waals surface area contributed by atoms with Gasteiger partial charge in [0, 0.05) is 18.8 Å². The smallest absolute Gasteiger partial charge is 0.265 e. The molecule has 1 aliphatic rings. The van der Waals surface area contributed by atoms with Crippen LogP contribution >= 0.6 is 0 Å². The lowest BCUT2D eigenvalue weighted by Crippen LogP contribution is -2.12. The van der Waals surface area contributed by atoms with E-state index in [-0.39, 0.29) is 11.6 Å². The van der Waals surface area contributed by atoms with Gasteiger partial charge in [0.15, 0.2) is 0 Å². The van der Waals surface area contributed by atoms with Crippen LogP contribution in [0.15, 0.2) is 28.7 Å². The van der Waals surface area contributed by atoms with Gasteiger partial charge in [-0.05, 0) is 12.1 Å². The number of alkyl halides is 2. The van der Waals surface area contributed by atoms with Crippen molar-refractivity contribution in [2.75, 3.05) is 13.6 Å². The lowest BCUT2D eigenvalue weighted by molar-refractivity contribution is 0.151. The van der Waals surface area contributed by atoms with E-state index in [1.54, 1.807) is 18.1 Å². The fourth-order valence-electron chi connectivity index (χ4n) is 1.37. The predicted octanol–water partition coefficient (Wildman–Crippen LogP) is 2.37. The highest BCUT2D eigenvalue weighted by atomic mass is 19.3. The van der Waals surface area contributed by atoms with Gasteiger partial charge in [0.25, 0.3) is 6.43 Å². The number of nitrogens with zero attached hydrogens (tertiary/aromatic N) is 4. The summed E-state index contributed by atoms with van der Waals surface area (Å²) in [6.45, 7) is 0.640. The zero-order valence-corrected chi connectivity index (χ0v) is 8.14. The molecule has 0 radical (unpaired) electrons. The molecule has 0 bridgehead atoms. The fraction of sp³-hybridized carbons (Fsp3) is 0.444. The second-order valence-electron chi connectivity index (χ2n) is 3.38. The first-order valence-corrected chi connectivity index (χ1v) is 4.52. The Morgan fingerprint density at radius 3 is 2.73 bits per heavy atom. The molecule has 1 aromatic rings. The minimum atomic E-state index is -2.47. The molecule has 1 unspecified atom stereocenters. The lowest BCUT2D eigenvalue weighted by atomic mass is 10.2. The molecule has 0 saturated heterocycles. The molecule has 6 heteroatoms. The highest BCUT2D eigenvalue weighted by Gasteiger charge is 2.19. The second-order valence-corrected chi connectivity index (χ2v) is 3.38. The van der Waals surface area contributed by atoms with E-state index in [2.05, 4.69) is 15.3 Å². The van der Waals surface area contributed by atoms with Gasteiger partial charge in [0.2, 0.25) is 0 Å². The third-order valence-corrected chi connectivity index (χ3v) is 2.18. The van der Waals surface area contributed by atoms with Crippen molar-refractivity contribution < 1.29 is 8.78 Å². The molecular formula is C9H10F2N4. The van der Waals surface area contributed by atoms with E-state index >= 15 is 0 Å². The Balaban J connectivity index is 2.14. The minimum Gasteiger partial charge on any atom is -0.279 e. The maximum absolute atomic E-state index is 12.2. The Morgan fingerprint density at radius 2 is 2.27 bits per heavy atom. The molecule has 0 aromatic carbocycles. The number of halogens is 2. The summed E-state index contributed by atoms with van der Waals surface area (Å²) in [5.74, 6) is 0. The van der Waals surface area contributed by atoms with Crippen LogP contribution in [0, 0.1) is 0 Å². The topological polar surface area (TPSA) is 40.9 Å². The van der Waals surface area contributed by atoms with Gasteiger partial charge in [0.05, 0.1) is 12.2 Å². The summed E-state index contributed by atoms with van der Waals surface area (Å²) in [6.07, 6.45) is -1.28. The highest BCUT2D eigenvalue weighted by molar-refractivity contribution is 5.18. The van der Waals surface area contributed by atoms with Crippen molar-refractivity contribution in [3.63, 3.8) is 0 Å². The number of pyridine rings is 1. The highest BCUT2D eigenvalue weighted by Crippen LogP contribution is 2.24. The second kappa shape index (κ2) is 3.88. The molecule has 2 rings (SSSR count). The van der Waals surface area contributed by atoms with Crippen LogP contribution in [0.4, 0.5) is 8.78 Å². The first-order valence-electron chi connectivity index (χ1n) is 4.52. The van der Waals surface area contributed by atoms with Gasteiger partial charge in [-0.3, -0.25) is 9.99 Å². The standard InChI is InChI=1S/C9H10F2N4/c1-15-5-8(13-14-15)7-3-2-6(4-12-7)9(10)11/h2-4,8-9H,5H2,1H3. The van der Waals surface area contributed by atoms with E-state index in [0.29, 0.717) is 12.2 Å². The average Bonchev–Trinajstić information content (AvgIpc) is 2.65. The first kappa shape index (κ1) is 9.95. The van der Waals surface area contributed by atoms with Gasteiger partial charge in [-0.15, -0.1) is 0 Å². The average molecular weight is 212 g/mol. The van der Waals surface area contributed by atoms with Gasteiger partial charge in [-0.2, -0.15) is 5.11 Å². The molecule has 80 valence electrons. The summed E-state index contributed by atoms with van der Waals surface area (Å²) in [5, 5.41) is 9.47. The zero-order chi connectivity index (χ0) is 10.8. The van der Waals surface area contributed by atoms with Crippen LogP contribution in [0.25, 0.3) is 0 Å². The molecule has 4 nitrogen and oxygen atoms in total. The summed E-state index contributed by atoms with van der Waals surface area (Å²) in [6, 6.07) is 2.81. The van der Waals surface area contributed by atoms with E-state index < -0.39 is 6.43 Å². The number of hydrogen-bond acceptors (Lipinski definition) is 4. The van der Waals surface area contributed by atoms with Crippen molar-refractivity contribution in [2.45, 2.75) is 12.5 Å². The van der Waals surface area contributed by atoms with Crippen LogP contribution in [0.1, 0.15) is 23.7 Å². The predicted molar refractivity (Wildman–Crippen MR) is 49.4 cm³/mol. The first-order chi connectivity index (χ1) is 7.16. The van der Waals surface area contributed by atoms with Crippen LogP contribution in [0.5, 0.6) is 0 Å². The Morgan fingerprint density at radius 1 is 1.47 bits per heavy atom. The molecule has 1 atom stereocenters. The van der Waals surface area contributed by atoms with Crippen molar-refractivity contribution in [3.8, 4) is 0 Å². The van der Waals surface area contributed by atoms with E-state index in [4.69, 9.17) is 0 Å². The van der Waals surface area contributed by atoms with E-state index in [1.807, 2.05) is 0 Å². The summed E-state index contributed by atoms with van der Waals surface area (Å²) in [7, 11) is 1.80. The Labute approximate surface area is 85.6 Å². The molecule has 0 aliphatic carbocycles. The van der Waals surface area contributed by atoms with Gasteiger partial charge in [0.1, 0.15) is 6.04 Å². The molecule has 0 fully saturated rings. The lowest BCUT2D eigenvalue weighted by Gasteiger charge is -2.07. The molecule has 0 N–H and O–H groups in total. The van der Waals surface area contributed by atoms with Crippen LogP contribution < -0.4 is 0 Å². The quantitative estimate of drug-likeness (QED) is 0.755. The Kier molecular flexibility index (Phi) is 2.57.